The van der Waals surface area contributed by atoms with Gasteiger partial charge < -0.3 is 10.5 Å². The number of fused-ring (bicyclic) bond motifs is 2. The average Bonchev–Trinajstić information content (AvgIpc) is 2.61. The van der Waals surface area contributed by atoms with Crippen molar-refractivity contribution in [1.29, 1.82) is 0 Å². The summed E-state index contributed by atoms with van der Waals surface area (Å²) in [5, 5.41) is 0. The molecule has 0 unspecified atom stereocenters. The third-order valence-electron chi connectivity index (χ3n) is 3.14. The van der Waals surface area contributed by atoms with E-state index in [0.717, 1.165) is 6.42 Å². The van der Waals surface area contributed by atoms with E-state index in [4.69, 9.17) is 10.5 Å². The van der Waals surface area contributed by atoms with Crippen LogP contribution in [0.25, 0.3) is 0 Å². The van der Waals surface area contributed by atoms with E-state index in [9.17, 15) is 4.79 Å². The number of carbonyl (C=O) groups excluding carboxylic acids is 1. The lowest BCUT2D eigenvalue weighted by Gasteiger charge is -2.23. The van der Waals surface area contributed by atoms with Crippen molar-refractivity contribution in [2.75, 3.05) is 0 Å². The van der Waals surface area contributed by atoms with Crippen molar-refractivity contribution in [2.45, 2.75) is 32.4 Å². The van der Waals surface area contributed by atoms with Gasteiger partial charge in [0.2, 0.25) is 0 Å². The van der Waals surface area contributed by atoms with Crippen molar-refractivity contribution >= 4 is 5.97 Å². The third-order valence-corrected chi connectivity index (χ3v) is 3.14. The predicted molar refractivity (Wildman–Crippen MR) is 53.4 cm³/mol. The van der Waals surface area contributed by atoms with Crippen LogP contribution in [0.5, 0.6) is 0 Å². The Morgan fingerprint density at radius 2 is 2.07 bits per heavy atom. The van der Waals surface area contributed by atoms with Crippen molar-refractivity contribution in [1.82, 2.24) is 0 Å². The zero-order valence-electron chi connectivity index (χ0n) is 8.64. The van der Waals surface area contributed by atoms with Crippen LogP contribution in [-0.4, -0.2) is 18.1 Å². The molecular formula is C11H17NO2. The molecule has 0 spiro atoms. The molecule has 2 aliphatic carbocycles. The first-order chi connectivity index (χ1) is 6.59. The molecule has 0 saturated heterocycles. The standard InChI is InChI=1S/C11H17NO2/c1-6(2)14-11(13)9-7-3-4-8(5-7)10(9)12/h3-4,6-10H,5,12H2,1-2H3/t7-,8+,9+,10+/m0/s1. The van der Waals surface area contributed by atoms with Crippen molar-refractivity contribution in [2.24, 2.45) is 23.5 Å². The highest BCUT2D eigenvalue weighted by Gasteiger charge is 2.47. The summed E-state index contributed by atoms with van der Waals surface area (Å²) < 4.78 is 5.20. The van der Waals surface area contributed by atoms with Crippen LogP contribution in [-0.2, 0) is 9.53 Å². The van der Waals surface area contributed by atoms with Crippen molar-refractivity contribution < 1.29 is 9.53 Å². The summed E-state index contributed by atoms with van der Waals surface area (Å²) in [6, 6.07) is -0.0313. The highest BCUT2D eigenvalue weighted by Crippen LogP contribution is 2.43. The zero-order valence-corrected chi connectivity index (χ0v) is 8.64. The molecule has 2 aliphatic rings. The smallest absolute Gasteiger partial charge is 0.311 e. The van der Waals surface area contributed by atoms with Gasteiger partial charge in [-0.1, -0.05) is 12.2 Å². The Morgan fingerprint density at radius 3 is 2.57 bits per heavy atom. The van der Waals surface area contributed by atoms with Gasteiger partial charge in [-0.3, -0.25) is 4.79 Å². The van der Waals surface area contributed by atoms with Gasteiger partial charge in [0.25, 0.3) is 0 Å². The molecular weight excluding hydrogens is 178 g/mol. The maximum Gasteiger partial charge on any atom is 0.311 e. The lowest BCUT2D eigenvalue weighted by Crippen LogP contribution is -2.40. The quantitative estimate of drug-likeness (QED) is 0.530. The molecule has 78 valence electrons. The first-order valence-corrected chi connectivity index (χ1v) is 5.24. The molecule has 1 fully saturated rings. The molecule has 0 aromatic carbocycles. The van der Waals surface area contributed by atoms with Gasteiger partial charge in [0.1, 0.15) is 0 Å². The van der Waals surface area contributed by atoms with Crippen molar-refractivity contribution in [3.63, 3.8) is 0 Å². The number of ether oxygens (including phenoxy) is 1. The number of hydrogen-bond acceptors (Lipinski definition) is 3. The number of esters is 1. The number of nitrogens with two attached hydrogens (primary N) is 1. The Bertz CT molecular complexity index is 272. The fourth-order valence-electron chi connectivity index (χ4n) is 2.50. The molecule has 2 N–H and O–H groups in total. The van der Waals surface area contributed by atoms with Crippen LogP contribution in [0.2, 0.25) is 0 Å². The van der Waals surface area contributed by atoms with E-state index in [-0.39, 0.29) is 24.0 Å². The molecule has 0 amide bonds. The molecule has 14 heavy (non-hydrogen) atoms. The maximum absolute atomic E-state index is 11.7. The van der Waals surface area contributed by atoms with Gasteiger partial charge in [-0.2, -0.15) is 0 Å². The Hall–Kier alpha value is -0.830. The van der Waals surface area contributed by atoms with Crippen LogP contribution in [0.15, 0.2) is 12.2 Å². The lowest BCUT2D eigenvalue weighted by molar-refractivity contribution is -0.153. The maximum atomic E-state index is 11.7. The first-order valence-electron chi connectivity index (χ1n) is 5.24. The monoisotopic (exact) mass is 195 g/mol. The molecule has 0 heterocycles. The van der Waals surface area contributed by atoms with Crippen molar-refractivity contribution in [3.05, 3.63) is 12.2 Å². The summed E-state index contributed by atoms with van der Waals surface area (Å²) in [4.78, 5) is 11.7. The largest absolute Gasteiger partial charge is 0.463 e. The molecule has 2 rings (SSSR count). The van der Waals surface area contributed by atoms with Crippen LogP contribution in [0.3, 0.4) is 0 Å². The normalized spacial score (nSPS) is 39.4. The first kappa shape index (κ1) is 9.71. The summed E-state index contributed by atoms with van der Waals surface area (Å²) in [5.74, 6) is 0.489. The van der Waals surface area contributed by atoms with Gasteiger partial charge in [0.15, 0.2) is 0 Å². The Kier molecular flexibility index (Phi) is 2.35. The molecule has 1 saturated carbocycles. The Balaban J connectivity index is 2.05. The van der Waals surface area contributed by atoms with Gasteiger partial charge in [0, 0.05) is 6.04 Å². The van der Waals surface area contributed by atoms with Gasteiger partial charge in [0.05, 0.1) is 12.0 Å². The molecule has 0 aliphatic heterocycles. The zero-order chi connectivity index (χ0) is 10.3. The average molecular weight is 195 g/mol. The summed E-state index contributed by atoms with van der Waals surface area (Å²) in [6.07, 6.45) is 5.23. The fraction of sp³-hybridized carbons (Fsp3) is 0.727. The summed E-state index contributed by atoms with van der Waals surface area (Å²) in [5.41, 5.74) is 5.99. The molecule has 0 aromatic rings. The Morgan fingerprint density at radius 1 is 1.43 bits per heavy atom. The lowest BCUT2D eigenvalue weighted by atomic mass is 9.89. The topological polar surface area (TPSA) is 52.3 Å². The SMILES string of the molecule is CC(C)OC(=O)[C@H]1[C@H](N)[C@@H]2C=C[C@H]1C2. The van der Waals surface area contributed by atoms with E-state index >= 15 is 0 Å². The highest BCUT2D eigenvalue weighted by atomic mass is 16.5. The third kappa shape index (κ3) is 1.46. The van der Waals surface area contributed by atoms with E-state index in [0.29, 0.717) is 11.8 Å². The Labute approximate surface area is 84.3 Å². The number of carbonyl (C=O) groups is 1. The second-order valence-corrected chi connectivity index (χ2v) is 4.54. The van der Waals surface area contributed by atoms with Crippen LogP contribution in [0.1, 0.15) is 20.3 Å². The second kappa shape index (κ2) is 3.39. The van der Waals surface area contributed by atoms with Crippen molar-refractivity contribution in [3.8, 4) is 0 Å². The number of allylic oxidation sites excluding steroid dienone is 1. The molecule has 3 nitrogen and oxygen atoms in total. The van der Waals surface area contributed by atoms with Crippen LogP contribution in [0, 0.1) is 17.8 Å². The molecule has 0 radical (unpaired) electrons. The molecule has 2 bridgehead atoms. The molecule has 0 aromatic heterocycles. The molecule has 4 atom stereocenters. The highest BCUT2D eigenvalue weighted by molar-refractivity contribution is 5.75. The van der Waals surface area contributed by atoms with Gasteiger partial charge >= 0.3 is 5.97 Å². The van der Waals surface area contributed by atoms with E-state index < -0.39 is 0 Å². The minimum Gasteiger partial charge on any atom is -0.463 e. The van der Waals surface area contributed by atoms with Gasteiger partial charge in [-0.25, -0.2) is 0 Å². The number of rotatable bonds is 2. The van der Waals surface area contributed by atoms with Crippen LogP contribution >= 0.6 is 0 Å². The predicted octanol–water partition coefficient (Wildman–Crippen LogP) is 1.09. The summed E-state index contributed by atoms with van der Waals surface area (Å²) in [6.45, 7) is 3.74. The molecule has 3 heteroatoms. The van der Waals surface area contributed by atoms with Gasteiger partial charge in [-0.05, 0) is 32.1 Å². The second-order valence-electron chi connectivity index (χ2n) is 4.54. The van der Waals surface area contributed by atoms with E-state index in [1.54, 1.807) is 0 Å². The van der Waals surface area contributed by atoms with E-state index in [2.05, 4.69) is 12.2 Å². The fourth-order valence-corrected chi connectivity index (χ4v) is 2.50. The van der Waals surface area contributed by atoms with Gasteiger partial charge in [-0.15, -0.1) is 0 Å². The van der Waals surface area contributed by atoms with Crippen LogP contribution in [0.4, 0.5) is 0 Å². The summed E-state index contributed by atoms with van der Waals surface area (Å²) in [7, 11) is 0. The van der Waals surface area contributed by atoms with Crippen LogP contribution < -0.4 is 5.73 Å². The summed E-state index contributed by atoms with van der Waals surface area (Å²) >= 11 is 0. The minimum atomic E-state index is -0.121. The van der Waals surface area contributed by atoms with E-state index in [1.807, 2.05) is 13.8 Å². The number of hydrogen-bond donors (Lipinski definition) is 1. The van der Waals surface area contributed by atoms with E-state index in [1.165, 1.54) is 0 Å². The minimum absolute atomic E-state index is 0.0313.